The van der Waals surface area contributed by atoms with Crippen molar-refractivity contribution < 1.29 is 4.39 Å². The van der Waals surface area contributed by atoms with Gasteiger partial charge in [-0.2, -0.15) is 0 Å². The van der Waals surface area contributed by atoms with Crippen LogP contribution < -0.4 is 10.6 Å². The first-order valence-corrected chi connectivity index (χ1v) is 8.19. The Morgan fingerprint density at radius 3 is 2.67 bits per heavy atom. The van der Waals surface area contributed by atoms with Crippen LogP contribution in [0.5, 0.6) is 0 Å². The molecule has 0 saturated heterocycles. The first-order valence-electron chi connectivity index (χ1n) is 6.51. The van der Waals surface area contributed by atoms with Crippen LogP contribution in [0.3, 0.4) is 0 Å². The minimum atomic E-state index is -0.235. The summed E-state index contributed by atoms with van der Waals surface area (Å²) < 4.78 is 14.5. The lowest BCUT2D eigenvalue weighted by Crippen LogP contribution is -2.36. The summed E-state index contributed by atoms with van der Waals surface area (Å²) in [6.45, 7) is 3.19. The average molecular weight is 370 g/mol. The third-order valence-corrected chi connectivity index (χ3v) is 4.59. The van der Waals surface area contributed by atoms with Gasteiger partial charge in [0, 0.05) is 28.5 Å². The SMILES string of the molecule is CN=C(NCc1ccc(Br)cc1F)NCc1sccc1C. The van der Waals surface area contributed by atoms with Crippen LogP contribution in [0, 0.1) is 12.7 Å². The fourth-order valence-electron chi connectivity index (χ4n) is 1.81. The fourth-order valence-corrected chi connectivity index (χ4v) is 2.99. The number of nitrogens with one attached hydrogen (secondary N) is 2. The highest BCUT2D eigenvalue weighted by molar-refractivity contribution is 9.10. The van der Waals surface area contributed by atoms with Crippen molar-refractivity contribution in [1.29, 1.82) is 0 Å². The molecule has 1 heterocycles. The van der Waals surface area contributed by atoms with Crippen LogP contribution in [0.15, 0.2) is 39.1 Å². The van der Waals surface area contributed by atoms with Gasteiger partial charge in [-0.3, -0.25) is 4.99 Å². The molecule has 21 heavy (non-hydrogen) atoms. The van der Waals surface area contributed by atoms with Crippen LogP contribution in [-0.4, -0.2) is 13.0 Å². The molecule has 2 N–H and O–H groups in total. The Bertz CT molecular complexity index is 640. The second-order valence-electron chi connectivity index (χ2n) is 4.54. The van der Waals surface area contributed by atoms with Crippen molar-refractivity contribution in [3.63, 3.8) is 0 Å². The van der Waals surface area contributed by atoms with E-state index in [4.69, 9.17) is 0 Å². The summed E-state index contributed by atoms with van der Waals surface area (Å²) in [6.07, 6.45) is 0. The quantitative estimate of drug-likeness (QED) is 0.634. The molecule has 0 aliphatic rings. The maximum Gasteiger partial charge on any atom is 0.191 e. The van der Waals surface area contributed by atoms with E-state index in [9.17, 15) is 4.39 Å². The van der Waals surface area contributed by atoms with Crippen molar-refractivity contribution in [3.05, 3.63) is 55.9 Å². The summed E-state index contributed by atoms with van der Waals surface area (Å²) in [5.74, 6) is 0.423. The molecule has 0 saturated carbocycles. The van der Waals surface area contributed by atoms with Gasteiger partial charge in [0.25, 0.3) is 0 Å². The summed E-state index contributed by atoms with van der Waals surface area (Å²) in [5, 5.41) is 8.42. The second kappa shape index (κ2) is 7.56. The lowest BCUT2D eigenvalue weighted by Gasteiger charge is -2.12. The number of nitrogens with zero attached hydrogens (tertiary/aromatic N) is 1. The normalized spacial score (nSPS) is 11.5. The molecule has 0 aliphatic heterocycles. The van der Waals surface area contributed by atoms with Gasteiger partial charge < -0.3 is 10.6 Å². The summed E-state index contributed by atoms with van der Waals surface area (Å²) in [5.41, 5.74) is 1.87. The zero-order valence-electron chi connectivity index (χ0n) is 11.9. The number of thiophene rings is 1. The maximum atomic E-state index is 13.7. The van der Waals surface area contributed by atoms with Gasteiger partial charge in [-0.25, -0.2) is 4.39 Å². The largest absolute Gasteiger partial charge is 0.352 e. The van der Waals surface area contributed by atoms with E-state index in [2.05, 4.69) is 49.9 Å². The Balaban J connectivity index is 1.89. The van der Waals surface area contributed by atoms with Gasteiger partial charge in [-0.05, 0) is 36.1 Å². The third kappa shape index (κ3) is 4.54. The Morgan fingerprint density at radius 2 is 2.05 bits per heavy atom. The average Bonchev–Trinajstić information content (AvgIpc) is 2.86. The molecule has 0 aliphatic carbocycles. The van der Waals surface area contributed by atoms with E-state index in [1.807, 2.05) is 6.07 Å². The van der Waals surface area contributed by atoms with E-state index in [-0.39, 0.29) is 5.82 Å². The fraction of sp³-hybridized carbons (Fsp3) is 0.267. The van der Waals surface area contributed by atoms with E-state index >= 15 is 0 Å². The predicted octanol–water partition coefficient (Wildman–Crippen LogP) is 3.82. The molecule has 6 heteroatoms. The van der Waals surface area contributed by atoms with Gasteiger partial charge in [0.15, 0.2) is 5.96 Å². The molecule has 0 atom stereocenters. The molecule has 112 valence electrons. The van der Waals surface area contributed by atoms with E-state index in [1.165, 1.54) is 16.5 Å². The molecule has 0 spiro atoms. The molecule has 3 nitrogen and oxygen atoms in total. The van der Waals surface area contributed by atoms with E-state index < -0.39 is 0 Å². The minimum absolute atomic E-state index is 0.235. The maximum absolute atomic E-state index is 13.7. The van der Waals surface area contributed by atoms with Gasteiger partial charge in [-0.1, -0.05) is 22.0 Å². The summed E-state index contributed by atoms with van der Waals surface area (Å²) in [6, 6.07) is 7.13. The lowest BCUT2D eigenvalue weighted by molar-refractivity contribution is 0.604. The summed E-state index contributed by atoms with van der Waals surface area (Å²) in [4.78, 5) is 5.42. The molecule has 2 rings (SSSR count). The van der Waals surface area contributed by atoms with E-state index in [0.29, 0.717) is 24.6 Å². The van der Waals surface area contributed by atoms with E-state index in [1.54, 1.807) is 24.5 Å². The molecule has 0 fully saturated rings. The highest BCUT2D eigenvalue weighted by atomic mass is 79.9. The van der Waals surface area contributed by atoms with E-state index in [0.717, 1.165) is 4.47 Å². The zero-order chi connectivity index (χ0) is 15.2. The minimum Gasteiger partial charge on any atom is -0.352 e. The number of benzene rings is 1. The number of hydrogen-bond acceptors (Lipinski definition) is 2. The van der Waals surface area contributed by atoms with Crippen molar-refractivity contribution in [1.82, 2.24) is 10.6 Å². The summed E-state index contributed by atoms with van der Waals surface area (Å²) in [7, 11) is 1.70. The van der Waals surface area contributed by atoms with Gasteiger partial charge >= 0.3 is 0 Å². The van der Waals surface area contributed by atoms with Crippen molar-refractivity contribution >= 4 is 33.2 Å². The number of halogens is 2. The molecule has 0 radical (unpaired) electrons. The van der Waals surface area contributed by atoms with Crippen molar-refractivity contribution in [2.75, 3.05) is 7.05 Å². The lowest BCUT2D eigenvalue weighted by atomic mass is 10.2. The third-order valence-electron chi connectivity index (χ3n) is 3.07. The van der Waals surface area contributed by atoms with Crippen LogP contribution in [0.4, 0.5) is 4.39 Å². The summed E-state index contributed by atoms with van der Waals surface area (Å²) >= 11 is 4.96. The first kappa shape index (κ1) is 16.0. The second-order valence-corrected chi connectivity index (χ2v) is 6.46. The van der Waals surface area contributed by atoms with Crippen molar-refractivity contribution in [2.45, 2.75) is 20.0 Å². The molecular weight excluding hydrogens is 353 g/mol. The monoisotopic (exact) mass is 369 g/mol. The molecule has 1 aromatic heterocycles. The van der Waals surface area contributed by atoms with Crippen LogP contribution >= 0.6 is 27.3 Å². The van der Waals surface area contributed by atoms with Gasteiger partial charge in [-0.15, -0.1) is 11.3 Å². The van der Waals surface area contributed by atoms with Gasteiger partial charge in [0.1, 0.15) is 5.82 Å². The number of rotatable bonds is 4. The van der Waals surface area contributed by atoms with Gasteiger partial charge in [0.05, 0.1) is 6.54 Å². The van der Waals surface area contributed by atoms with Crippen molar-refractivity contribution in [2.24, 2.45) is 4.99 Å². The topological polar surface area (TPSA) is 36.4 Å². The zero-order valence-corrected chi connectivity index (χ0v) is 14.3. The Hall–Kier alpha value is -1.40. The molecule has 0 amide bonds. The Kier molecular flexibility index (Phi) is 5.76. The Morgan fingerprint density at radius 1 is 1.29 bits per heavy atom. The molecule has 0 bridgehead atoms. The van der Waals surface area contributed by atoms with Crippen molar-refractivity contribution in [3.8, 4) is 0 Å². The Labute approximate surface area is 136 Å². The van der Waals surface area contributed by atoms with Crippen LogP contribution in [0.1, 0.15) is 16.0 Å². The highest BCUT2D eigenvalue weighted by Gasteiger charge is 2.05. The number of aliphatic imine (C=N–C) groups is 1. The molecule has 2 aromatic rings. The number of guanidine groups is 1. The predicted molar refractivity (Wildman–Crippen MR) is 90.2 cm³/mol. The number of aryl methyl sites for hydroxylation is 1. The smallest absolute Gasteiger partial charge is 0.191 e. The number of hydrogen-bond donors (Lipinski definition) is 2. The molecule has 0 unspecified atom stereocenters. The van der Waals surface area contributed by atoms with Crippen LogP contribution in [0.25, 0.3) is 0 Å². The van der Waals surface area contributed by atoms with Crippen LogP contribution in [-0.2, 0) is 13.1 Å². The standard InChI is InChI=1S/C15H17BrFN3S/c1-10-5-6-21-14(10)9-20-15(18-2)19-8-11-3-4-12(16)7-13(11)17/h3-7H,8-9H2,1-2H3,(H2,18,19,20). The highest BCUT2D eigenvalue weighted by Crippen LogP contribution is 2.16. The van der Waals surface area contributed by atoms with Crippen LogP contribution in [0.2, 0.25) is 0 Å². The molecule has 1 aromatic carbocycles. The van der Waals surface area contributed by atoms with Gasteiger partial charge in [0.2, 0.25) is 0 Å². The first-order chi connectivity index (χ1) is 10.1. The molecular formula is C15H17BrFN3S.